The first kappa shape index (κ1) is 7.15. The standard InChI is InChI=1S/C7H8O3/c8-4-5-1-2-6(9)3-7(5)10/h1,4,6,9H,2-3H2. The number of hydrogen-bond acceptors (Lipinski definition) is 3. The highest BCUT2D eigenvalue weighted by Crippen LogP contribution is 2.12. The van der Waals surface area contributed by atoms with E-state index in [1.807, 2.05) is 0 Å². The number of aldehydes is 1. The molecule has 0 aromatic rings. The minimum atomic E-state index is -0.587. The van der Waals surface area contributed by atoms with Crippen LogP contribution >= 0.6 is 0 Å². The summed E-state index contributed by atoms with van der Waals surface area (Å²) in [5.41, 5.74) is 0.199. The van der Waals surface area contributed by atoms with E-state index in [0.29, 0.717) is 12.7 Å². The molecule has 0 fully saturated rings. The Morgan fingerprint density at radius 1 is 1.70 bits per heavy atom. The second kappa shape index (κ2) is 2.75. The highest BCUT2D eigenvalue weighted by Gasteiger charge is 2.18. The van der Waals surface area contributed by atoms with Gasteiger partial charge in [-0.1, -0.05) is 6.08 Å². The molecule has 3 nitrogen and oxygen atoms in total. The van der Waals surface area contributed by atoms with Crippen LogP contribution in [0.25, 0.3) is 0 Å². The van der Waals surface area contributed by atoms with Crippen molar-refractivity contribution in [1.82, 2.24) is 0 Å². The third-order valence-electron chi connectivity index (χ3n) is 1.48. The molecule has 54 valence electrons. The number of hydrogen-bond donors (Lipinski definition) is 1. The molecule has 0 aliphatic heterocycles. The zero-order chi connectivity index (χ0) is 7.56. The summed E-state index contributed by atoms with van der Waals surface area (Å²) in [7, 11) is 0. The predicted molar refractivity (Wildman–Crippen MR) is 34.4 cm³/mol. The van der Waals surface area contributed by atoms with Gasteiger partial charge in [-0.15, -0.1) is 0 Å². The van der Waals surface area contributed by atoms with Crippen molar-refractivity contribution in [2.45, 2.75) is 18.9 Å². The van der Waals surface area contributed by atoms with Crippen LogP contribution in [0.4, 0.5) is 0 Å². The Hall–Kier alpha value is -0.960. The molecule has 1 N–H and O–H groups in total. The lowest BCUT2D eigenvalue weighted by atomic mass is 9.97. The average Bonchev–Trinajstić information content (AvgIpc) is 1.88. The molecule has 10 heavy (non-hydrogen) atoms. The number of rotatable bonds is 1. The largest absolute Gasteiger partial charge is 0.392 e. The van der Waals surface area contributed by atoms with Gasteiger partial charge >= 0.3 is 0 Å². The van der Waals surface area contributed by atoms with Gasteiger partial charge in [0.25, 0.3) is 0 Å². The summed E-state index contributed by atoms with van der Waals surface area (Å²) in [6, 6.07) is 0. The molecule has 0 saturated carbocycles. The summed E-state index contributed by atoms with van der Waals surface area (Å²) in [5.74, 6) is -0.256. The number of carbonyl (C=O) groups is 2. The number of allylic oxidation sites excluding steroid dienone is 1. The minimum absolute atomic E-state index is 0.0879. The molecular formula is C7H8O3. The number of ketones is 1. The van der Waals surface area contributed by atoms with Gasteiger partial charge in [-0.05, 0) is 6.42 Å². The smallest absolute Gasteiger partial charge is 0.168 e. The van der Waals surface area contributed by atoms with Gasteiger partial charge in [-0.25, -0.2) is 0 Å². The topological polar surface area (TPSA) is 54.4 Å². The van der Waals surface area contributed by atoms with E-state index in [2.05, 4.69) is 0 Å². The van der Waals surface area contributed by atoms with E-state index in [1.54, 1.807) is 0 Å². The first-order valence-corrected chi connectivity index (χ1v) is 3.10. The second-order valence-electron chi connectivity index (χ2n) is 2.29. The third kappa shape index (κ3) is 1.30. The summed E-state index contributed by atoms with van der Waals surface area (Å²) in [6.07, 6.45) is 1.93. The van der Waals surface area contributed by atoms with Crippen LogP contribution in [0.5, 0.6) is 0 Å². The molecule has 0 aromatic carbocycles. The van der Waals surface area contributed by atoms with E-state index in [1.165, 1.54) is 6.08 Å². The van der Waals surface area contributed by atoms with Gasteiger partial charge in [0.2, 0.25) is 0 Å². The van der Waals surface area contributed by atoms with E-state index < -0.39 is 6.10 Å². The van der Waals surface area contributed by atoms with E-state index in [-0.39, 0.29) is 17.8 Å². The molecule has 1 unspecified atom stereocenters. The van der Waals surface area contributed by atoms with Gasteiger partial charge in [-0.3, -0.25) is 9.59 Å². The lowest BCUT2D eigenvalue weighted by Crippen LogP contribution is -2.19. The molecule has 0 spiro atoms. The van der Waals surface area contributed by atoms with Gasteiger partial charge in [0, 0.05) is 6.42 Å². The quantitative estimate of drug-likeness (QED) is 0.406. The van der Waals surface area contributed by atoms with Gasteiger partial charge in [0.15, 0.2) is 12.1 Å². The van der Waals surface area contributed by atoms with Gasteiger partial charge in [0.05, 0.1) is 11.7 Å². The fourth-order valence-electron chi connectivity index (χ4n) is 0.906. The first-order valence-electron chi connectivity index (χ1n) is 3.10. The SMILES string of the molecule is O=CC1=CCC(O)CC1=O. The Kier molecular flexibility index (Phi) is 1.97. The monoisotopic (exact) mass is 140 g/mol. The molecule has 0 bridgehead atoms. The molecule has 3 heteroatoms. The van der Waals surface area contributed by atoms with Crippen molar-refractivity contribution in [2.24, 2.45) is 0 Å². The zero-order valence-corrected chi connectivity index (χ0v) is 5.41. The van der Waals surface area contributed by atoms with Crippen molar-refractivity contribution in [3.63, 3.8) is 0 Å². The molecule has 1 aliphatic carbocycles. The van der Waals surface area contributed by atoms with Crippen molar-refractivity contribution in [2.75, 3.05) is 0 Å². The number of Topliss-reactive ketones (excluding diaryl/α,β-unsaturated/α-hetero) is 1. The van der Waals surface area contributed by atoms with Crippen LogP contribution in [0, 0.1) is 0 Å². The average molecular weight is 140 g/mol. The number of aliphatic hydroxyl groups is 1. The molecular weight excluding hydrogens is 132 g/mol. The number of aliphatic hydroxyl groups excluding tert-OH is 1. The van der Waals surface area contributed by atoms with E-state index in [4.69, 9.17) is 5.11 Å². The van der Waals surface area contributed by atoms with E-state index >= 15 is 0 Å². The molecule has 1 rings (SSSR count). The number of carbonyl (C=O) groups excluding carboxylic acids is 2. The minimum Gasteiger partial charge on any atom is -0.392 e. The molecule has 0 aromatic heterocycles. The van der Waals surface area contributed by atoms with Crippen molar-refractivity contribution in [3.8, 4) is 0 Å². The van der Waals surface area contributed by atoms with Crippen molar-refractivity contribution >= 4 is 12.1 Å². The van der Waals surface area contributed by atoms with Crippen molar-refractivity contribution in [3.05, 3.63) is 11.6 Å². The Labute approximate surface area is 58.4 Å². The normalized spacial score (nSPS) is 25.9. The van der Waals surface area contributed by atoms with Crippen LogP contribution < -0.4 is 0 Å². The molecule has 1 aliphatic rings. The van der Waals surface area contributed by atoms with Gasteiger partial charge in [-0.2, -0.15) is 0 Å². The fraction of sp³-hybridized carbons (Fsp3) is 0.429. The zero-order valence-electron chi connectivity index (χ0n) is 5.41. The van der Waals surface area contributed by atoms with Crippen molar-refractivity contribution < 1.29 is 14.7 Å². The third-order valence-corrected chi connectivity index (χ3v) is 1.48. The van der Waals surface area contributed by atoms with Crippen LogP contribution in [0.2, 0.25) is 0 Å². The van der Waals surface area contributed by atoms with Gasteiger partial charge in [0.1, 0.15) is 0 Å². The van der Waals surface area contributed by atoms with Crippen molar-refractivity contribution in [1.29, 1.82) is 0 Å². The lowest BCUT2D eigenvalue weighted by molar-refractivity contribution is -0.119. The highest BCUT2D eigenvalue weighted by atomic mass is 16.3. The summed E-state index contributed by atoms with van der Waals surface area (Å²) in [5, 5.41) is 8.91. The van der Waals surface area contributed by atoms with Crippen LogP contribution in [0.3, 0.4) is 0 Å². The van der Waals surface area contributed by atoms with E-state index in [9.17, 15) is 9.59 Å². The van der Waals surface area contributed by atoms with Crippen LogP contribution in [-0.2, 0) is 9.59 Å². The second-order valence-corrected chi connectivity index (χ2v) is 2.29. The fourth-order valence-corrected chi connectivity index (χ4v) is 0.906. The summed E-state index contributed by atoms with van der Waals surface area (Å²) in [6.45, 7) is 0. The molecule has 0 heterocycles. The highest BCUT2D eigenvalue weighted by molar-refractivity contribution is 6.12. The Morgan fingerprint density at radius 3 is 2.90 bits per heavy atom. The maximum Gasteiger partial charge on any atom is 0.168 e. The van der Waals surface area contributed by atoms with Crippen LogP contribution in [0.15, 0.2) is 11.6 Å². The summed E-state index contributed by atoms with van der Waals surface area (Å²) in [4.78, 5) is 20.9. The lowest BCUT2D eigenvalue weighted by Gasteiger charge is -2.11. The Bertz CT molecular complexity index is 193. The molecule has 0 radical (unpaired) electrons. The summed E-state index contributed by atoms with van der Waals surface area (Å²) >= 11 is 0. The first-order chi connectivity index (χ1) is 4.74. The van der Waals surface area contributed by atoms with E-state index in [0.717, 1.165) is 0 Å². The Balaban J connectivity index is 2.75. The van der Waals surface area contributed by atoms with Crippen LogP contribution in [0.1, 0.15) is 12.8 Å². The van der Waals surface area contributed by atoms with Crippen LogP contribution in [-0.4, -0.2) is 23.3 Å². The Morgan fingerprint density at radius 2 is 2.40 bits per heavy atom. The maximum absolute atomic E-state index is 10.8. The van der Waals surface area contributed by atoms with Gasteiger partial charge < -0.3 is 5.11 Å². The predicted octanol–water partition coefficient (Wildman–Crippen LogP) is -0.165. The molecule has 1 atom stereocenters. The maximum atomic E-state index is 10.8. The summed E-state index contributed by atoms with van der Waals surface area (Å²) < 4.78 is 0. The molecule has 0 saturated heterocycles. The molecule has 0 amide bonds.